The van der Waals surface area contributed by atoms with E-state index in [2.05, 4.69) is 20.1 Å². The minimum Gasteiger partial charge on any atom is -0.490 e. The Morgan fingerprint density at radius 2 is 1.20 bits per heavy atom. The van der Waals surface area contributed by atoms with Gasteiger partial charge in [-0.15, -0.1) is 0 Å². The van der Waals surface area contributed by atoms with E-state index in [-0.39, 0.29) is 48.9 Å². The number of alkyl halides is 2. The van der Waals surface area contributed by atoms with Crippen LogP contribution in [0.5, 0.6) is 17.2 Å². The number of halogens is 2. The number of hydrogen-bond donors (Lipinski definition) is 2. The Morgan fingerprint density at radius 3 is 1.73 bits per heavy atom. The molecule has 0 bridgehead atoms. The van der Waals surface area contributed by atoms with E-state index in [1.807, 2.05) is 12.1 Å². The summed E-state index contributed by atoms with van der Waals surface area (Å²) < 4.78 is 56.8. The van der Waals surface area contributed by atoms with E-state index in [1.165, 1.54) is 30.3 Å². The highest BCUT2D eigenvalue weighted by molar-refractivity contribution is 5.88. The van der Waals surface area contributed by atoms with Gasteiger partial charge in [0.15, 0.2) is 0 Å². The summed E-state index contributed by atoms with van der Waals surface area (Å²) in [5.41, 5.74) is 2.17. The van der Waals surface area contributed by atoms with Gasteiger partial charge in [0.1, 0.15) is 43.7 Å². The van der Waals surface area contributed by atoms with Crippen LogP contribution in [0.1, 0.15) is 50.2 Å². The van der Waals surface area contributed by atoms with Crippen molar-refractivity contribution in [3.63, 3.8) is 0 Å². The molecular formula is C38H44F2O9. The number of aryl methyl sites for hydroxylation is 1. The molecule has 0 unspecified atom stereocenters. The fourth-order valence-electron chi connectivity index (χ4n) is 4.64. The maximum absolute atomic E-state index is 15.3. The number of unbranched alkanes of at least 4 members (excludes halogenated alkanes) is 4. The van der Waals surface area contributed by atoms with Gasteiger partial charge in [-0.3, -0.25) is 0 Å². The highest BCUT2D eigenvalue weighted by atomic mass is 19.3. The SMILES string of the molecule is C=C(CO)C(=O)OCCOc1ccc(-c2ccc(OC(F)(F)c3ccc(OCCOC(=O)C(=C)CO)cc3)cc2CCCCCCC)cc1. The first-order valence-corrected chi connectivity index (χ1v) is 16.2. The molecule has 3 rings (SSSR count). The monoisotopic (exact) mass is 682 g/mol. The number of rotatable bonds is 22. The molecule has 3 aromatic rings. The largest absolute Gasteiger partial charge is 0.490 e. The zero-order valence-corrected chi connectivity index (χ0v) is 27.8. The highest BCUT2D eigenvalue weighted by Crippen LogP contribution is 2.36. The Kier molecular flexibility index (Phi) is 15.7. The van der Waals surface area contributed by atoms with Crippen molar-refractivity contribution in [3.8, 4) is 28.4 Å². The van der Waals surface area contributed by atoms with E-state index in [9.17, 15) is 9.59 Å². The summed E-state index contributed by atoms with van der Waals surface area (Å²) in [6.07, 6.45) is 2.32. The lowest BCUT2D eigenvalue weighted by molar-refractivity contribution is -0.185. The predicted molar refractivity (Wildman–Crippen MR) is 181 cm³/mol. The molecule has 0 radical (unpaired) electrons. The maximum Gasteiger partial charge on any atom is 0.426 e. The van der Waals surface area contributed by atoms with Crippen LogP contribution < -0.4 is 14.2 Å². The van der Waals surface area contributed by atoms with E-state index in [4.69, 9.17) is 33.9 Å². The van der Waals surface area contributed by atoms with Gasteiger partial charge < -0.3 is 33.9 Å². The van der Waals surface area contributed by atoms with Crippen LogP contribution in [0.25, 0.3) is 11.1 Å². The van der Waals surface area contributed by atoms with Crippen LogP contribution in [0.4, 0.5) is 8.78 Å². The third kappa shape index (κ3) is 12.7. The number of esters is 2. The first-order valence-electron chi connectivity index (χ1n) is 16.2. The number of carbonyl (C=O) groups is 2. The molecule has 0 heterocycles. The van der Waals surface area contributed by atoms with Crippen LogP contribution in [0.15, 0.2) is 91.0 Å². The van der Waals surface area contributed by atoms with Crippen molar-refractivity contribution in [2.75, 3.05) is 39.6 Å². The molecular weight excluding hydrogens is 638 g/mol. The lowest BCUT2D eigenvalue weighted by atomic mass is 9.95. The topological polar surface area (TPSA) is 121 Å². The third-order valence-electron chi connectivity index (χ3n) is 7.36. The van der Waals surface area contributed by atoms with Crippen molar-refractivity contribution >= 4 is 11.9 Å². The molecule has 0 fully saturated rings. The van der Waals surface area contributed by atoms with E-state index in [0.29, 0.717) is 17.9 Å². The quantitative estimate of drug-likeness (QED) is 0.0660. The van der Waals surface area contributed by atoms with E-state index < -0.39 is 31.3 Å². The first kappa shape index (κ1) is 38.7. The van der Waals surface area contributed by atoms with Gasteiger partial charge in [0, 0.05) is 0 Å². The maximum atomic E-state index is 15.3. The van der Waals surface area contributed by atoms with Crippen molar-refractivity contribution < 1.29 is 52.3 Å². The molecule has 0 amide bonds. The van der Waals surface area contributed by atoms with Crippen molar-refractivity contribution in [3.05, 3.63) is 102 Å². The van der Waals surface area contributed by atoms with Gasteiger partial charge in [-0.25, -0.2) is 9.59 Å². The minimum atomic E-state index is -3.63. The molecule has 264 valence electrons. The second-order valence-corrected chi connectivity index (χ2v) is 11.1. The lowest BCUT2D eigenvalue weighted by Crippen LogP contribution is -2.22. The molecule has 11 heteroatoms. The van der Waals surface area contributed by atoms with Gasteiger partial charge >= 0.3 is 18.0 Å². The Labute approximate surface area is 285 Å². The fourth-order valence-corrected chi connectivity index (χ4v) is 4.64. The number of hydrogen-bond acceptors (Lipinski definition) is 9. The van der Waals surface area contributed by atoms with E-state index in [0.717, 1.165) is 48.8 Å². The highest BCUT2D eigenvalue weighted by Gasteiger charge is 2.34. The van der Waals surface area contributed by atoms with Crippen LogP contribution in [0, 0.1) is 0 Å². The van der Waals surface area contributed by atoms with Gasteiger partial charge in [-0.1, -0.05) is 64.0 Å². The molecule has 0 spiro atoms. The van der Waals surface area contributed by atoms with Gasteiger partial charge in [0.25, 0.3) is 0 Å². The molecule has 9 nitrogen and oxygen atoms in total. The summed E-state index contributed by atoms with van der Waals surface area (Å²) in [5, 5.41) is 17.8. The second kappa shape index (κ2) is 19.9. The molecule has 0 aromatic heterocycles. The number of aliphatic hydroxyl groups is 2. The number of ether oxygens (including phenoxy) is 5. The van der Waals surface area contributed by atoms with Crippen molar-refractivity contribution in [1.82, 2.24) is 0 Å². The van der Waals surface area contributed by atoms with Crippen molar-refractivity contribution in [1.29, 1.82) is 0 Å². The van der Waals surface area contributed by atoms with Crippen molar-refractivity contribution in [2.24, 2.45) is 0 Å². The van der Waals surface area contributed by atoms with E-state index >= 15 is 8.78 Å². The van der Waals surface area contributed by atoms with Gasteiger partial charge in [-0.2, -0.15) is 8.78 Å². The van der Waals surface area contributed by atoms with Crippen LogP contribution in [0.2, 0.25) is 0 Å². The Morgan fingerprint density at radius 1 is 0.694 bits per heavy atom. The lowest BCUT2D eigenvalue weighted by Gasteiger charge is -2.20. The molecule has 3 aromatic carbocycles. The summed E-state index contributed by atoms with van der Waals surface area (Å²) in [6.45, 7) is 7.94. The third-order valence-corrected chi connectivity index (χ3v) is 7.36. The smallest absolute Gasteiger partial charge is 0.426 e. The van der Waals surface area contributed by atoms with Gasteiger partial charge in [0.2, 0.25) is 0 Å². The average Bonchev–Trinajstić information content (AvgIpc) is 3.11. The number of carbonyl (C=O) groups excluding carboxylic acids is 2. The molecule has 0 atom stereocenters. The zero-order valence-electron chi connectivity index (χ0n) is 27.8. The Balaban J connectivity index is 1.66. The molecule has 0 aliphatic rings. The van der Waals surface area contributed by atoms with Crippen molar-refractivity contribution in [2.45, 2.75) is 51.6 Å². The predicted octanol–water partition coefficient (Wildman–Crippen LogP) is 6.94. The summed E-state index contributed by atoms with van der Waals surface area (Å²) >= 11 is 0. The zero-order chi connectivity index (χ0) is 35.6. The standard InChI is InChI=1S/C38H44F2O9/c1-4-5-6-7-8-9-30-24-34(18-19-35(30)29-10-14-32(15-11-29)45-20-22-47-36(43)27(2)25-41)49-38(39,40)31-12-16-33(17-13-31)46-21-23-48-37(44)28(3)26-42/h10-19,24,41-42H,2-9,20-23,25-26H2,1H3. The number of aliphatic hydroxyl groups excluding tert-OH is 2. The molecule has 2 N–H and O–H groups in total. The molecule has 0 saturated heterocycles. The Bertz CT molecular complexity index is 1520. The summed E-state index contributed by atoms with van der Waals surface area (Å²) in [7, 11) is 0. The van der Waals surface area contributed by atoms with E-state index in [1.54, 1.807) is 24.3 Å². The Hall–Kier alpha value is -4.74. The van der Waals surface area contributed by atoms with Gasteiger partial charge in [-0.05, 0) is 78.1 Å². The summed E-state index contributed by atoms with van der Waals surface area (Å²) in [4.78, 5) is 23.1. The molecule has 0 aliphatic heterocycles. The van der Waals surface area contributed by atoms with Crippen LogP contribution in [-0.2, 0) is 31.6 Å². The van der Waals surface area contributed by atoms with Crippen LogP contribution in [0.3, 0.4) is 0 Å². The summed E-state index contributed by atoms with van der Waals surface area (Å²) in [5.74, 6) is -0.531. The summed E-state index contributed by atoms with van der Waals surface area (Å²) in [6, 6.07) is 17.4. The minimum absolute atomic E-state index is 0.00575. The molecule has 0 aliphatic carbocycles. The first-order chi connectivity index (χ1) is 23.6. The number of benzene rings is 3. The second-order valence-electron chi connectivity index (χ2n) is 11.1. The molecule has 49 heavy (non-hydrogen) atoms. The normalized spacial score (nSPS) is 11.0. The van der Waals surface area contributed by atoms with Gasteiger partial charge in [0.05, 0.1) is 29.9 Å². The average molecular weight is 683 g/mol. The fraction of sp³-hybridized carbons (Fsp3) is 0.368. The van der Waals surface area contributed by atoms with Crippen LogP contribution >= 0.6 is 0 Å². The van der Waals surface area contributed by atoms with Crippen LogP contribution in [-0.4, -0.2) is 61.8 Å². The molecule has 0 saturated carbocycles.